The van der Waals surface area contributed by atoms with Gasteiger partial charge in [-0.3, -0.25) is 9.59 Å². The lowest BCUT2D eigenvalue weighted by Crippen LogP contribution is -2.27. The highest BCUT2D eigenvalue weighted by atomic mass is 16.5. The van der Waals surface area contributed by atoms with Gasteiger partial charge in [0.1, 0.15) is 0 Å². The fourth-order valence-electron chi connectivity index (χ4n) is 3.62. The lowest BCUT2D eigenvalue weighted by molar-refractivity contribution is -0.140. The van der Waals surface area contributed by atoms with E-state index in [0.29, 0.717) is 24.9 Å². The van der Waals surface area contributed by atoms with Crippen LogP contribution in [0.25, 0.3) is 5.69 Å². The van der Waals surface area contributed by atoms with Gasteiger partial charge in [-0.15, -0.1) is 0 Å². The van der Waals surface area contributed by atoms with Crippen LogP contribution in [0.1, 0.15) is 52.1 Å². The van der Waals surface area contributed by atoms with Crippen molar-refractivity contribution in [2.24, 2.45) is 0 Å². The molecule has 1 amide bonds. The van der Waals surface area contributed by atoms with Crippen molar-refractivity contribution in [3.8, 4) is 5.69 Å². The van der Waals surface area contributed by atoms with E-state index in [4.69, 9.17) is 4.74 Å². The molecule has 3 aromatic rings. The minimum atomic E-state index is -0.233. The fourth-order valence-corrected chi connectivity index (χ4v) is 3.62. The average molecular weight is 420 g/mol. The molecule has 0 fully saturated rings. The maximum Gasteiger partial charge on any atom is 0.305 e. The highest BCUT2D eigenvalue weighted by molar-refractivity contribution is 5.94. The summed E-state index contributed by atoms with van der Waals surface area (Å²) < 4.78 is 6.58. The Morgan fingerprint density at radius 3 is 2.39 bits per heavy atom. The van der Waals surface area contributed by atoms with Gasteiger partial charge in [0, 0.05) is 24.2 Å². The van der Waals surface area contributed by atoms with E-state index in [1.807, 2.05) is 61.0 Å². The van der Waals surface area contributed by atoms with Crippen LogP contribution in [0.15, 0.2) is 54.6 Å². The zero-order valence-electron chi connectivity index (χ0n) is 18.5. The summed E-state index contributed by atoms with van der Waals surface area (Å²) in [6, 6.07) is 17.5. The van der Waals surface area contributed by atoms with Crippen molar-refractivity contribution < 1.29 is 14.3 Å². The number of hydrogen-bond donors (Lipinski definition) is 1. The normalized spacial score (nSPS) is 11.7. The standard InChI is InChI=1S/C25H29N3O3/c1-17(20-8-6-5-7-9-20)16-26-25(30)21-10-12-22(13-11-21)28-19(3)23(18(2)27-28)14-15-24(29)31-4/h5-13,17H,14-16H2,1-4H3,(H,26,30)/t17-/m1/s1. The Morgan fingerprint density at radius 2 is 1.74 bits per heavy atom. The van der Waals surface area contributed by atoms with Crippen molar-refractivity contribution in [2.75, 3.05) is 13.7 Å². The number of hydrogen-bond acceptors (Lipinski definition) is 4. The number of esters is 1. The summed E-state index contributed by atoms with van der Waals surface area (Å²) in [5.74, 6) is -0.0903. The predicted molar refractivity (Wildman–Crippen MR) is 121 cm³/mol. The van der Waals surface area contributed by atoms with Gasteiger partial charge in [0.25, 0.3) is 5.91 Å². The number of methoxy groups -OCH3 is 1. The molecule has 0 saturated carbocycles. The SMILES string of the molecule is COC(=O)CCc1c(C)nn(-c2ccc(C(=O)NC[C@@H](C)c3ccccc3)cc2)c1C. The molecule has 1 heterocycles. The van der Waals surface area contributed by atoms with E-state index < -0.39 is 0 Å². The van der Waals surface area contributed by atoms with Crippen LogP contribution in [0.3, 0.4) is 0 Å². The number of ether oxygens (including phenoxy) is 1. The number of carbonyl (C=O) groups excluding carboxylic acids is 2. The van der Waals surface area contributed by atoms with Crippen LogP contribution in [-0.4, -0.2) is 35.3 Å². The van der Waals surface area contributed by atoms with Crippen molar-refractivity contribution in [3.63, 3.8) is 0 Å². The summed E-state index contributed by atoms with van der Waals surface area (Å²) in [5, 5.41) is 7.62. The third-order valence-electron chi connectivity index (χ3n) is 5.56. The van der Waals surface area contributed by atoms with E-state index in [1.54, 1.807) is 0 Å². The average Bonchev–Trinajstić information content (AvgIpc) is 3.09. The Labute approximate surface area is 183 Å². The lowest BCUT2D eigenvalue weighted by Gasteiger charge is -2.13. The molecule has 0 saturated heterocycles. The van der Waals surface area contributed by atoms with Gasteiger partial charge in [0.05, 0.1) is 18.5 Å². The van der Waals surface area contributed by atoms with Crippen LogP contribution in [0.5, 0.6) is 0 Å². The quantitative estimate of drug-likeness (QED) is 0.557. The molecule has 1 N–H and O–H groups in total. The third-order valence-corrected chi connectivity index (χ3v) is 5.56. The lowest BCUT2D eigenvalue weighted by atomic mass is 10.0. The molecule has 0 bridgehead atoms. The minimum absolute atomic E-state index is 0.0959. The smallest absolute Gasteiger partial charge is 0.305 e. The molecule has 0 aliphatic heterocycles. The molecule has 0 aliphatic carbocycles. The van der Waals surface area contributed by atoms with Gasteiger partial charge in [-0.05, 0) is 61.6 Å². The van der Waals surface area contributed by atoms with E-state index in [9.17, 15) is 9.59 Å². The summed E-state index contributed by atoms with van der Waals surface area (Å²) in [4.78, 5) is 24.0. The summed E-state index contributed by atoms with van der Waals surface area (Å²) in [7, 11) is 1.39. The van der Waals surface area contributed by atoms with Crippen LogP contribution < -0.4 is 5.32 Å². The molecule has 6 heteroatoms. The van der Waals surface area contributed by atoms with Crippen molar-refractivity contribution in [2.45, 2.75) is 39.5 Å². The maximum atomic E-state index is 12.6. The van der Waals surface area contributed by atoms with Crippen molar-refractivity contribution >= 4 is 11.9 Å². The molecular weight excluding hydrogens is 390 g/mol. The van der Waals surface area contributed by atoms with Crippen molar-refractivity contribution in [1.82, 2.24) is 15.1 Å². The third kappa shape index (κ3) is 5.40. The zero-order valence-corrected chi connectivity index (χ0v) is 18.5. The highest BCUT2D eigenvalue weighted by Crippen LogP contribution is 2.20. The van der Waals surface area contributed by atoms with Crippen LogP contribution in [0.2, 0.25) is 0 Å². The van der Waals surface area contributed by atoms with Gasteiger partial charge in [0.15, 0.2) is 0 Å². The first-order valence-electron chi connectivity index (χ1n) is 10.5. The number of aryl methyl sites for hydroxylation is 1. The van der Waals surface area contributed by atoms with E-state index in [2.05, 4.69) is 29.5 Å². The van der Waals surface area contributed by atoms with Crippen LogP contribution >= 0.6 is 0 Å². The number of aromatic nitrogens is 2. The molecule has 6 nitrogen and oxygen atoms in total. The Balaban J connectivity index is 1.66. The summed E-state index contributed by atoms with van der Waals surface area (Å²) in [6.45, 7) is 6.59. The van der Waals surface area contributed by atoms with Crippen LogP contribution in [0.4, 0.5) is 0 Å². The van der Waals surface area contributed by atoms with Gasteiger partial charge in [-0.25, -0.2) is 4.68 Å². The summed E-state index contributed by atoms with van der Waals surface area (Å²) >= 11 is 0. The molecule has 0 aliphatic rings. The highest BCUT2D eigenvalue weighted by Gasteiger charge is 2.15. The molecule has 0 spiro atoms. The maximum absolute atomic E-state index is 12.6. The molecule has 1 aromatic heterocycles. The second-order valence-corrected chi connectivity index (χ2v) is 7.71. The number of rotatable bonds is 8. The molecule has 0 unspecified atom stereocenters. The predicted octanol–water partition coefficient (Wildman–Crippen LogP) is 4.13. The van der Waals surface area contributed by atoms with E-state index >= 15 is 0 Å². The largest absolute Gasteiger partial charge is 0.469 e. The second kappa shape index (κ2) is 10.1. The molecule has 1 atom stereocenters. The Morgan fingerprint density at radius 1 is 1.06 bits per heavy atom. The van der Waals surface area contributed by atoms with Crippen molar-refractivity contribution in [3.05, 3.63) is 82.7 Å². The summed E-state index contributed by atoms with van der Waals surface area (Å²) in [5.41, 5.74) is 5.59. The molecular formula is C25H29N3O3. The minimum Gasteiger partial charge on any atom is -0.469 e. The van der Waals surface area contributed by atoms with Crippen LogP contribution in [-0.2, 0) is 16.0 Å². The second-order valence-electron chi connectivity index (χ2n) is 7.71. The molecule has 162 valence electrons. The van der Waals surface area contributed by atoms with Crippen molar-refractivity contribution in [1.29, 1.82) is 0 Å². The van der Waals surface area contributed by atoms with Gasteiger partial charge < -0.3 is 10.1 Å². The molecule has 2 aromatic carbocycles. The fraction of sp³-hybridized carbons (Fsp3) is 0.320. The number of amides is 1. The van der Waals surface area contributed by atoms with E-state index in [1.165, 1.54) is 12.7 Å². The Bertz CT molecular complexity index is 1040. The van der Waals surface area contributed by atoms with Gasteiger partial charge >= 0.3 is 5.97 Å². The first-order chi connectivity index (χ1) is 14.9. The number of benzene rings is 2. The van der Waals surface area contributed by atoms with Gasteiger partial charge in [-0.1, -0.05) is 37.3 Å². The number of nitrogens with zero attached hydrogens (tertiary/aromatic N) is 2. The number of nitrogens with one attached hydrogen (secondary N) is 1. The van der Waals surface area contributed by atoms with Gasteiger partial charge in [0.2, 0.25) is 0 Å². The molecule has 3 rings (SSSR count). The first kappa shape index (κ1) is 22.3. The van der Waals surface area contributed by atoms with Gasteiger partial charge in [-0.2, -0.15) is 5.10 Å². The topological polar surface area (TPSA) is 73.2 Å². The number of carbonyl (C=O) groups is 2. The monoisotopic (exact) mass is 419 g/mol. The van der Waals surface area contributed by atoms with E-state index in [0.717, 1.165) is 22.6 Å². The molecule has 0 radical (unpaired) electrons. The first-order valence-corrected chi connectivity index (χ1v) is 10.5. The zero-order chi connectivity index (χ0) is 22.4. The van der Waals surface area contributed by atoms with E-state index in [-0.39, 0.29) is 17.8 Å². The molecule has 31 heavy (non-hydrogen) atoms. The Hall–Kier alpha value is -3.41. The Kier molecular flexibility index (Phi) is 7.23. The van der Waals surface area contributed by atoms with Crippen LogP contribution in [0, 0.1) is 13.8 Å². The summed E-state index contributed by atoms with van der Waals surface area (Å²) in [6.07, 6.45) is 0.912.